The minimum atomic E-state index is 0.636. The summed E-state index contributed by atoms with van der Waals surface area (Å²) in [6, 6.07) is 21.4. The summed E-state index contributed by atoms with van der Waals surface area (Å²) in [5.41, 5.74) is 3.53. The van der Waals surface area contributed by atoms with E-state index in [9.17, 15) is 0 Å². The summed E-state index contributed by atoms with van der Waals surface area (Å²) in [7, 11) is 0. The summed E-state index contributed by atoms with van der Waals surface area (Å²) in [5.74, 6) is 0. The molecule has 0 unspecified atom stereocenters. The van der Waals surface area contributed by atoms with Crippen LogP contribution in [0.25, 0.3) is 5.69 Å². The molecule has 0 radical (unpaired) electrons. The van der Waals surface area contributed by atoms with Gasteiger partial charge in [0.05, 0.1) is 29.2 Å². The number of halogens is 1. The van der Waals surface area contributed by atoms with Crippen molar-refractivity contribution >= 4 is 27.8 Å². The van der Waals surface area contributed by atoms with Crippen LogP contribution in [0.15, 0.2) is 76.3 Å². The molecule has 3 aromatic rings. The molecule has 0 aliphatic rings. The third-order valence-electron chi connectivity index (χ3n) is 3.23. The molecule has 0 saturated heterocycles. The van der Waals surface area contributed by atoms with Crippen molar-refractivity contribution in [2.24, 2.45) is 4.99 Å². The predicted molar refractivity (Wildman–Crippen MR) is 91.9 cm³/mol. The second kappa shape index (κ2) is 6.42. The smallest absolute Gasteiger partial charge is 0.0991 e. The maximum Gasteiger partial charge on any atom is 0.0991 e. The Hall–Kier alpha value is -2.64. The van der Waals surface area contributed by atoms with Crippen molar-refractivity contribution in [3.8, 4) is 11.8 Å². The van der Waals surface area contributed by atoms with Gasteiger partial charge in [0, 0.05) is 16.4 Å². The molecule has 0 aliphatic carbocycles. The Labute approximate surface area is 137 Å². The molecule has 0 atom stereocenters. The quantitative estimate of drug-likeness (QED) is 0.622. The van der Waals surface area contributed by atoms with Crippen LogP contribution in [0.2, 0.25) is 0 Å². The fourth-order valence-corrected chi connectivity index (χ4v) is 2.36. The van der Waals surface area contributed by atoms with Crippen LogP contribution >= 0.6 is 15.9 Å². The summed E-state index contributed by atoms with van der Waals surface area (Å²) in [4.78, 5) is 4.46. The van der Waals surface area contributed by atoms with E-state index in [1.54, 1.807) is 12.1 Å². The van der Waals surface area contributed by atoms with Gasteiger partial charge in [0.1, 0.15) is 0 Å². The Bertz CT molecular complexity index is 837. The third kappa shape index (κ3) is 3.16. The molecule has 0 amide bonds. The number of hydrogen-bond acceptors (Lipinski definition) is 2. The molecule has 1 heterocycles. The molecule has 0 aliphatic heterocycles. The fraction of sp³-hybridized carbons (Fsp3) is 0. The second-order valence-corrected chi connectivity index (χ2v) is 5.61. The highest BCUT2D eigenvalue weighted by atomic mass is 79.9. The van der Waals surface area contributed by atoms with Crippen molar-refractivity contribution in [3.63, 3.8) is 0 Å². The zero-order valence-electron chi connectivity index (χ0n) is 11.6. The van der Waals surface area contributed by atoms with Gasteiger partial charge in [0.15, 0.2) is 0 Å². The Morgan fingerprint density at radius 2 is 1.73 bits per heavy atom. The van der Waals surface area contributed by atoms with Crippen LogP contribution in [0.4, 0.5) is 5.69 Å². The van der Waals surface area contributed by atoms with Gasteiger partial charge in [-0.3, -0.25) is 4.99 Å². The molecular weight excluding hydrogens is 338 g/mol. The molecule has 0 N–H and O–H groups in total. The lowest BCUT2D eigenvalue weighted by Gasteiger charge is -2.06. The predicted octanol–water partition coefficient (Wildman–Crippen LogP) is 4.86. The van der Waals surface area contributed by atoms with Gasteiger partial charge in [-0.1, -0.05) is 15.9 Å². The van der Waals surface area contributed by atoms with E-state index < -0.39 is 0 Å². The molecule has 3 rings (SSSR count). The Morgan fingerprint density at radius 3 is 2.41 bits per heavy atom. The van der Waals surface area contributed by atoms with Gasteiger partial charge in [-0.05, 0) is 60.7 Å². The average molecular weight is 350 g/mol. The van der Waals surface area contributed by atoms with Gasteiger partial charge in [0.25, 0.3) is 0 Å². The topological polar surface area (TPSA) is 41.1 Å². The van der Waals surface area contributed by atoms with Crippen LogP contribution in [0.5, 0.6) is 0 Å². The van der Waals surface area contributed by atoms with E-state index in [2.05, 4.69) is 31.6 Å². The molecule has 2 aromatic carbocycles. The number of nitrogens with zero attached hydrogens (tertiary/aromatic N) is 3. The van der Waals surface area contributed by atoms with E-state index in [1.165, 1.54) is 0 Å². The van der Waals surface area contributed by atoms with Crippen molar-refractivity contribution in [2.75, 3.05) is 0 Å². The first-order chi connectivity index (χ1) is 10.8. The van der Waals surface area contributed by atoms with Crippen LogP contribution in [-0.2, 0) is 0 Å². The van der Waals surface area contributed by atoms with Crippen molar-refractivity contribution in [1.82, 2.24) is 4.57 Å². The van der Waals surface area contributed by atoms with Gasteiger partial charge >= 0.3 is 0 Å². The molecule has 0 spiro atoms. The second-order valence-electron chi connectivity index (χ2n) is 4.70. The number of aliphatic imine (C=N–C) groups is 1. The summed E-state index contributed by atoms with van der Waals surface area (Å²) in [6.45, 7) is 0. The highest BCUT2D eigenvalue weighted by Gasteiger charge is 2.01. The largest absolute Gasteiger partial charge is 0.316 e. The SMILES string of the molecule is N#Cc1ccc(N=Cc2cccn2-c2ccc(Br)cc2)cc1. The molecular formula is C18H12BrN3. The Kier molecular flexibility index (Phi) is 4.17. The maximum atomic E-state index is 8.80. The van der Waals surface area contributed by atoms with Crippen LogP contribution in [0.3, 0.4) is 0 Å². The van der Waals surface area contributed by atoms with E-state index in [-0.39, 0.29) is 0 Å². The summed E-state index contributed by atoms with van der Waals surface area (Å²) in [6.07, 6.45) is 3.83. The van der Waals surface area contributed by atoms with Crippen LogP contribution in [0, 0.1) is 11.3 Å². The van der Waals surface area contributed by atoms with Gasteiger partial charge in [0.2, 0.25) is 0 Å². The van der Waals surface area contributed by atoms with E-state index >= 15 is 0 Å². The summed E-state index contributed by atoms with van der Waals surface area (Å²) < 4.78 is 3.12. The van der Waals surface area contributed by atoms with Gasteiger partial charge in [-0.25, -0.2) is 0 Å². The normalized spacial score (nSPS) is 10.7. The lowest BCUT2D eigenvalue weighted by Crippen LogP contribution is -1.97. The van der Waals surface area contributed by atoms with Crippen molar-refractivity contribution in [2.45, 2.75) is 0 Å². The molecule has 0 bridgehead atoms. The van der Waals surface area contributed by atoms with Crippen molar-refractivity contribution < 1.29 is 0 Å². The molecule has 0 saturated carbocycles. The van der Waals surface area contributed by atoms with Gasteiger partial charge < -0.3 is 4.57 Å². The van der Waals surface area contributed by atoms with Crippen molar-refractivity contribution in [1.29, 1.82) is 5.26 Å². The van der Waals surface area contributed by atoms with E-state index in [1.807, 2.05) is 60.9 Å². The van der Waals surface area contributed by atoms with Gasteiger partial charge in [-0.2, -0.15) is 5.26 Å². The average Bonchev–Trinajstić information content (AvgIpc) is 3.02. The number of rotatable bonds is 3. The summed E-state index contributed by atoms with van der Waals surface area (Å²) >= 11 is 3.44. The minimum absolute atomic E-state index is 0.636. The Morgan fingerprint density at radius 1 is 1.00 bits per heavy atom. The van der Waals surface area contributed by atoms with Gasteiger partial charge in [-0.15, -0.1) is 0 Å². The zero-order chi connectivity index (χ0) is 15.4. The molecule has 0 fully saturated rings. The molecule has 3 nitrogen and oxygen atoms in total. The highest BCUT2D eigenvalue weighted by Crippen LogP contribution is 2.17. The highest BCUT2D eigenvalue weighted by molar-refractivity contribution is 9.10. The first-order valence-corrected chi connectivity index (χ1v) is 7.53. The van der Waals surface area contributed by atoms with E-state index in [0.717, 1.165) is 21.5 Å². The molecule has 22 heavy (non-hydrogen) atoms. The zero-order valence-corrected chi connectivity index (χ0v) is 13.2. The van der Waals surface area contributed by atoms with E-state index in [4.69, 9.17) is 5.26 Å². The van der Waals surface area contributed by atoms with Crippen LogP contribution < -0.4 is 0 Å². The molecule has 106 valence electrons. The molecule has 1 aromatic heterocycles. The maximum absolute atomic E-state index is 8.80. The lowest BCUT2D eigenvalue weighted by atomic mass is 10.2. The standard InChI is InChI=1S/C18H12BrN3/c19-15-5-9-17(10-6-15)22-11-1-2-18(22)13-21-16-7-3-14(12-20)4-8-16/h1-11,13H. The van der Waals surface area contributed by atoms with Crippen molar-refractivity contribution in [3.05, 3.63) is 82.6 Å². The number of aromatic nitrogens is 1. The Balaban J connectivity index is 1.87. The first-order valence-electron chi connectivity index (χ1n) is 6.74. The van der Waals surface area contributed by atoms with Crippen LogP contribution in [0.1, 0.15) is 11.3 Å². The first kappa shape index (κ1) is 14.3. The minimum Gasteiger partial charge on any atom is -0.316 e. The van der Waals surface area contributed by atoms with E-state index in [0.29, 0.717) is 5.56 Å². The molecule has 4 heteroatoms. The number of hydrogen-bond donors (Lipinski definition) is 0. The fourth-order valence-electron chi connectivity index (χ4n) is 2.10. The number of benzene rings is 2. The van der Waals surface area contributed by atoms with Crippen LogP contribution in [-0.4, -0.2) is 10.8 Å². The number of nitriles is 1. The third-order valence-corrected chi connectivity index (χ3v) is 3.76. The monoisotopic (exact) mass is 349 g/mol. The lowest BCUT2D eigenvalue weighted by molar-refractivity contribution is 1.07. The summed E-state index contributed by atoms with van der Waals surface area (Å²) in [5, 5.41) is 8.80.